The molecule has 0 saturated carbocycles. The number of hydrogen-bond acceptors (Lipinski definition) is 6. The number of amides is 1. The smallest absolute Gasteiger partial charge is 0.275 e. The van der Waals surface area contributed by atoms with Crippen LogP contribution in [0.5, 0.6) is 17.2 Å². The Morgan fingerprint density at radius 2 is 1.85 bits per heavy atom. The van der Waals surface area contributed by atoms with Crippen molar-refractivity contribution in [2.45, 2.75) is 13.3 Å². The molecule has 172 valence electrons. The number of rotatable bonds is 8. The first-order valence-corrected chi connectivity index (χ1v) is 10.8. The summed E-state index contributed by atoms with van der Waals surface area (Å²) in [5, 5.41) is 28.1. The van der Waals surface area contributed by atoms with E-state index in [1.54, 1.807) is 4.68 Å². The summed E-state index contributed by atoms with van der Waals surface area (Å²) in [5.41, 5.74) is 5.50. The molecule has 3 aromatic carbocycles. The van der Waals surface area contributed by atoms with E-state index in [0.29, 0.717) is 17.9 Å². The van der Waals surface area contributed by atoms with Gasteiger partial charge in [-0.1, -0.05) is 25.1 Å². The maximum absolute atomic E-state index is 12.4. The van der Waals surface area contributed by atoms with Crippen molar-refractivity contribution in [3.63, 3.8) is 0 Å². The Labute approximate surface area is 196 Å². The topological polar surface area (TPSA) is 109 Å². The van der Waals surface area contributed by atoms with Gasteiger partial charge in [0.15, 0.2) is 0 Å². The Bertz CT molecular complexity index is 1300. The van der Waals surface area contributed by atoms with Crippen molar-refractivity contribution < 1.29 is 19.7 Å². The van der Waals surface area contributed by atoms with E-state index in [-0.39, 0.29) is 17.1 Å². The highest BCUT2D eigenvalue weighted by Crippen LogP contribution is 2.25. The summed E-state index contributed by atoms with van der Waals surface area (Å²) in [5.74, 6) is -0.301. The first-order valence-electron chi connectivity index (χ1n) is 10.8. The minimum atomic E-state index is -0.608. The van der Waals surface area contributed by atoms with Crippen LogP contribution in [-0.2, 0) is 0 Å². The summed E-state index contributed by atoms with van der Waals surface area (Å²) in [6, 6.07) is 21.0. The summed E-state index contributed by atoms with van der Waals surface area (Å²) in [7, 11) is 0. The molecule has 0 unspecified atom stereocenters. The zero-order chi connectivity index (χ0) is 23.9. The fourth-order valence-electron chi connectivity index (χ4n) is 3.28. The summed E-state index contributed by atoms with van der Waals surface area (Å²) < 4.78 is 7.41. The maximum Gasteiger partial charge on any atom is 0.275 e. The highest BCUT2D eigenvalue weighted by molar-refractivity contribution is 5.98. The predicted octanol–water partition coefficient (Wildman–Crippen LogP) is 4.50. The molecule has 0 atom stereocenters. The van der Waals surface area contributed by atoms with E-state index in [9.17, 15) is 15.0 Å². The Hall–Kier alpha value is -4.59. The minimum Gasteiger partial charge on any atom is -0.508 e. The maximum atomic E-state index is 12.4. The number of hydrazone groups is 1. The van der Waals surface area contributed by atoms with Crippen molar-refractivity contribution in [3.05, 3.63) is 90.1 Å². The SMILES string of the molecule is CCCOc1ccc(-c2nn(-c3ccccc3)cc2/C=N\NC(=O)c2ccc(O)cc2O)cc1. The van der Waals surface area contributed by atoms with Gasteiger partial charge in [-0.05, 0) is 55.0 Å². The number of phenolic OH excluding ortho intramolecular Hbond substituents is 2. The first kappa shape index (κ1) is 22.6. The Morgan fingerprint density at radius 3 is 2.56 bits per heavy atom. The zero-order valence-corrected chi connectivity index (χ0v) is 18.5. The van der Waals surface area contributed by atoms with Crippen molar-refractivity contribution in [1.29, 1.82) is 0 Å². The van der Waals surface area contributed by atoms with Crippen LogP contribution in [0, 0.1) is 0 Å². The lowest BCUT2D eigenvalue weighted by Crippen LogP contribution is -2.17. The molecule has 0 bridgehead atoms. The van der Waals surface area contributed by atoms with Crippen LogP contribution in [0.25, 0.3) is 16.9 Å². The van der Waals surface area contributed by atoms with E-state index in [1.165, 1.54) is 18.3 Å². The van der Waals surface area contributed by atoms with Gasteiger partial charge in [-0.25, -0.2) is 10.1 Å². The minimum absolute atomic E-state index is 0.00202. The van der Waals surface area contributed by atoms with Gasteiger partial charge < -0.3 is 14.9 Å². The Balaban J connectivity index is 1.61. The van der Waals surface area contributed by atoms with Gasteiger partial charge in [0.05, 0.1) is 24.1 Å². The third kappa shape index (κ3) is 5.24. The van der Waals surface area contributed by atoms with Gasteiger partial charge in [0, 0.05) is 23.4 Å². The number of para-hydroxylation sites is 1. The molecule has 0 aliphatic rings. The van der Waals surface area contributed by atoms with Crippen molar-refractivity contribution in [2.75, 3.05) is 6.61 Å². The molecule has 8 heteroatoms. The van der Waals surface area contributed by atoms with Gasteiger partial charge in [-0.2, -0.15) is 10.2 Å². The molecule has 0 radical (unpaired) electrons. The number of phenols is 2. The summed E-state index contributed by atoms with van der Waals surface area (Å²) >= 11 is 0. The molecular formula is C26H24N4O4. The highest BCUT2D eigenvalue weighted by Gasteiger charge is 2.13. The van der Waals surface area contributed by atoms with E-state index in [4.69, 9.17) is 9.84 Å². The third-order valence-electron chi connectivity index (χ3n) is 4.96. The van der Waals surface area contributed by atoms with Crippen molar-refractivity contribution in [2.24, 2.45) is 5.10 Å². The zero-order valence-electron chi connectivity index (χ0n) is 18.5. The van der Waals surface area contributed by atoms with Gasteiger partial charge in [0.2, 0.25) is 0 Å². The van der Waals surface area contributed by atoms with Gasteiger partial charge >= 0.3 is 0 Å². The van der Waals surface area contributed by atoms with Crippen LogP contribution in [0.3, 0.4) is 0 Å². The lowest BCUT2D eigenvalue weighted by molar-refractivity contribution is 0.0952. The molecule has 0 saturated heterocycles. The number of carbonyl (C=O) groups is 1. The molecule has 4 aromatic rings. The molecule has 1 aromatic heterocycles. The number of aromatic hydroxyl groups is 2. The van der Waals surface area contributed by atoms with E-state index >= 15 is 0 Å². The monoisotopic (exact) mass is 456 g/mol. The standard InChI is InChI=1S/C26H24N4O4/c1-2-14-34-22-11-8-18(9-12-22)25-19(17-30(29-25)20-6-4-3-5-7-20)16-27-28-26(33)23-13-10-21(31)15-24(23)32/h3-13,15-17,31-32H,2,14H2,1H3,(H,28,33)/b27-16-. The fourth-order valence-corrected chi connectivity index (χ4v) is 3.28. The number of benzene rings is 3. The Kier molecular flexibility index (Phi) is 6.88. The molecule has 0 fully saturated rings. The summed E-state index contributed by atoms with van der Waals surface area (Å²) in [4.78, 5) is 12.4. The summed E-state index contributed by atoms with van der Waals surface area (Å²) in [6.45, 7) is 2.70. The molecule has 0 aliphatic heterocycles. The average molecular weight is 457 g/mol. The Morgan fingerprint density at radius 1 is 1.09 bits per heavy atom. The van der Waals surface area contributed by atoms with Crippen molar-refractivity contribution in [1.82, 2.24) is 15.2 Å². The van der Waals surface area contributed by atoms with Gasteiger partial charge in [-0.3, -0.25) is 4.79 Å². The molecule has 1 heterocycles. The summed E-state index contributed by atoms with van der Waals surface area (Å²) in [6.07, 6.45) is 4.25. The third-order valence-corrected chi connectivity index (χ3v) is 4.96. The second kappa shape index (κ2) is 10.4. The number of aromatic nitrogens is 2. The van der Waals surface area contributed by atoms with Gasteiger partial charge in [-0.15, -0.1) is 0 Å². The second-order valence-electron chi connectivity index (χ2n) is 7.49. The normalized spacial score (nSPS) is 11.0. The van der Waals surface area contributed by atoms with Crippen LogP contribution >= 0.6 is 0 Å². The molecule has 1 amide bonds. The quantitative estimate of drug-likeness (QED) is 0.267. The van der Waals surface area contributed by atoms with E-state index in [0.717, 1.165) is 29.5 Å². The molecule has 3 N–H and O–H groups in total. The number of nitrogens with one attached hydrogen (secondary N) is 1. The molecule has 4 rings (SSSR count). The lowest BCUT2D eigenvalue weighted by Gasteiger charge is -2.05. The van der Waals surface area contributed by atoms with E-state index in [2.05, 4.69) is 17.5 Å². The second-order valence-corrected chi connectivity index (χ2v) is 7.49. The number of nitrogens with zero attached hydrogens (tertiary/aromatic N) is 3. The lowest BCUT2D eigenvalue weighted by atomic mass is 10.1. The van der Waals surface area contributed by atoms with Crippen LogP contribution in [0.2, 0.25) is 0 Å². The van der Waals surface area contributed by atoms with Crippen molar-refractivity contribution >= 4 is 12.1 Å². The van der Waals surface area contributed by atoms with Gasteiger partial charge in [0.1, 0.15) is 22.9 Å². The van der Waals surface area contributed by atoms with Crippen LogP contribution < -0.4 is 10.2 Å². The molecular weight excluding hydrogens is 432 g/mol. The molecule has 34 heavy (non-hydrogen) atoms. The fraction of sp³-hybridized carbons (Fsp3) is 0.115. The average Bonchev–Trinajstić information content (AvgIpc) is 3.27. The highest BCUT2D eigenvalue weighted by atomic mass is 16.5. The number of hydrogen-bond donors (Lipinski definition) is 3. The predicted molar refractivity (Wildman–Crippen MR) is 130 cm³/mol. The number of carbonyl (C=O) groups excluding carboxylic acids is 1. The molecule has 8 nitrogen and oxygen atoms in total. The largest absolute Gasteiger partial charge is 0.508 e. The molecule has 0 aliphatic carbocycles. The van der Waals surface area contributed by atoms with Crippen LogP contribution in [0.4, 0.5) is 0 Å². The van der Waals surface area contributed by atoms with Crippen LogP contribution in [0.1, 0.15) is 29.3 Å². The van der Waals surface area contributed by atoms with E-state index < -0.39 is 5.91 Å². The van der Waals surface area contributed by atoms with Crippen LogP contribution in [-0.4, -0.2) is 38.7 Å². The van der Waals surface area contributed by atoms with Gasteiger partial charge in [0.25, 0.3) is 5.91 Å². The first-order chi connectivity index (χ1) is 16.5. The van der Waals surface area contributed by atoms with E-state index in [1.807, 2.05) is 60.8 Å². The number of ether oxygens (including phenoxy) is 1. The molecule has 0 spiro atoms. The van der Waals surface area contributed by atoms with Crippen molar-refractivity contribution in [3.8, 4) is 34.2 Å². The van der Waals surface area contributed by atoms with Crippen LogP contribution in [0.15, 0.2) is 84.1 Å².